The first kappa shape index (κ1) is 76.2. The zero-order valence-electron chi connectivity index (χ0n) is 57.2. The van der Waals surface area contributed by atoms with E-state index < -0.39 is 29.7 Å². The van der Waals surface area contributed by atoms with Crippen LogP contribution in [0.4, 0.5) is 5.69 Å². The van der Waals surface area contributed by atoms with E-state index in [1.807, 2.05) is 37.8 Å². The number of benzene rings is 3. The van der Waals surface area contributed by atoms with Crippen molar-refractivity contribution >= 4 is 47.0 Å². The summed E-state index contributed by atoms with van der Waals surface area (Å²) in [4.78, 5) is 113. The second kappa shape index (κ2) is 41.1. The highest BCUT2D eigenvalue weighted by atomic mass is 16.6. The normalized spacial score (nSPS) is 16.0. The summed E-state index contributed by atoms with van der Waals surface area (Å²) in [6.07, 6.45) is 2.03. The molecule has 8 rings (SSSR count). The van der Waals surface area contributed by atoms with Crippen LogP contribution in [0.25, 0.3) is 11.1 Å². The Hall–Kier alpha value is -7.54. The Morgan fingerprint density at radius 3 is 1.76 bits per heavy atom. The van der Waals surface area contributed by atoms with Gasteiger partial charge in [-0.05, 0) is 105 Å². The fourth-order valence-corrected chi connectivity index (χ4v) is 12.0. The molecule has 4 aromatic rings. The van der Waals surface area contributed by atoms with Crippen molar-refractivity contribution in [1.29, 1.82) is 0 Å². The standard InChI is InChI=1S/C71H98N8O19/c1-5-78(61-47-55(54-11-9-53(10-12-54)49-76-22-27-90-28-23-76)46-58(52(61)4)67(83)73-48-59-50(2)45-51(3)74-68(59)84)56-15-20-77(21-16-56)65(82)18-25-89-30-32-92-34-36-94-38-40-96-42-44-97-43-41-95-39-37-93-35-33-91-31-29-88-24-17-63(80)72-19-26-98-62-8-6-7-57-66(62)71(87)79(70(57)86)60-13-14-64(81)75-69(60)85/h6-12,45-47,56,60H,5,13-44,48-49H2,1-4H3,(H,72,80)(H,73,83)(H,74,84)(H,75,81,85). The second-order valence-electron chi connectivity index (χ2n) is 24.1. The van der Waals surface area contributed by atoms with Crippen molar-refractivity contribution in [3.63, 3.8) is 0 Å². The van der Waals surface area contributed by atoms with Crippen LogP contribution >= 0.6 is 0 Å². The van der Waals surface area contributed by atoms with Crippen LogP contribution in [0, 0.1) is 20.8 Å². The lowest BCUT2D eigenvalue weighted by atomic mass is 9.94. The van der Waals surface area contributed by atoms with Gasteiger partial charge in [-0.2, -0.15) is 0 Å². The van der Waals surface area contributed by atoms with E-state index in [2.05, 4.69) is 68.0 Å². The molecule has 1 aromatic heterocycles. The third-order valence-corrected chi connectivity index (χ3v) is 17.3. The summed E-state index contributed by atoms with van der Waals surface area (Å²) in [5.41, 5.74) is 7.62. The average Bonchev–Trinajstić information content (AvgIpc) is 1.56. The van der Waals surface area contributed by atoms with Crippen LogP contribution in [0.5, 0.6) is 5.75 Å². The number of piperidine rings is 2. The predicted octanol–water partition coefficient (Wildman–Crippen LogP) is 4.07. The number of fused-ring (bicyclic) bond motifs is 1. The van der Waals surface area contributed by atoms with Crippen molar-refractivity contribution in [3.8, 4) is 16.9 Å². The Morgan fingerprint density at radius 2 is 1.19 bits per heavy atom. The van der Waals surface area contributed by atoms with Crippen molar-refractivity contribution in [1.82, 2.24) is 35.6 Å². The molecule has 4 aliphatic heterocycles. The molecule has 27 heteroatoms. The number of rotatable bonds is 44. The summed E-state index contributed by atoms with van der Waals surface area (Å²) in [5, 5.41) is 7.95. The summed E-state index contributed by atoms with van der Waals surface area (Å²) in [7, 11) is 0. The molecule has 536 valence electrons. The molecule has 5 heterocycles. The van der Waals surface area contributed by atoms with Gasteiger partial charge in [0.05, 0.1) is 156 Å². The largest absolute Gasteiger partial charge is 0.491 e. The molecule has 0 saturated carbocycles. The van der Waals surface area contributed by atoms with Gasteiger partial charge in [0.15, 0.2) is 0 Å². The molecule has 0 bridgehead atoms. The van der Waals surface area contributed by atoms with Crippen molar-refractivity contribution in [2.75, 3.05) is 183 Å². The number of aromatic nitrogens is 1. The van der Waals surface area contributed by atoms with E-state index in [-0.39, 0.29) is 98.2 Å². The molecule has 3 saturated heterocycles. The fourth-order valence-electron chi connectivity index (χ4n) is 12.0. The van der Waals surface area contributed by atoms with E-state index in [0.29, 0.717) is 143 Å². The summed E-state index contributed by atoms with van der Waals surface area (Å²) in [6, 6.07) is 18.3. The van der Waals surface area contributed by atoms with Gasteiger partial charge < -0.3 is 77.5 Å². The summed E-state index contributed by atoms with van der Waals surface area (Å²) in [5.74, 6) is -2.73. The Bertz CT molecular complexity index is 3300. The first-order valence-corrected chi connectivity index (χ1v) is 34.2. The number of aryl methyl sites for hydroxylation is 2. The van der Waals surface area contributed by atoms with Crippen LogP contribution in [0.3, 0.4) is 0 Å². The van der Waals surface area contributed by atoms with E-state index in [1.165, 1.54) is 17.7 Å². The van der Waals surface area contributed by atoms with Gasteiger partial charge in [-0.1, -0.05) is 30.3 Å². The van der Waals surface area contributed by atoms with Gasteiger partial charge in [0, 0.05) is 87.2 Å². The number of nitrogens with zero attached hydrogens (tertiary/aromatic N) is 4. The van der Waals surface area contributed by atoms with Crippen molar-refractivity contribution in [3.05, 3.63) is 116 Å². The Balaban J connectivity index is 0.575. The molecule has 4 N–H and O–H groups in total. The van der Waals surface area contributed by atoms with Crippen LogP contribution in [-0.4, -0.2) is 251 Å². The number of imide groups is 2. The molecule has 1 atom stereocenters. The van der Waals surface area contributed by atoms with Crippen LogP contribution in [0.1, 0.15) is 104 Å². The number of ether oxygens (including phenoxy) is 11. The number of amides is 7. The number of morpholine rings is 1. The SMILES string of the molecule is CCN(c1cc(-c2ccc(CN3CCOCC3)cc2)cc(C(=O)NCc2c(C)cc(C)[nH]c2=O)c1C)C1CCN(C(=O)CCOCCOCCOCCOCCOCCOCCOCCOCCOCCC(=O)NCCOc2cccc3c2C(=O)N(C2CCC(=O)NC2=O)C3=O)CC1. The minimum atomic E-state index is -1.08. The zero-order valence-corrected chi connectivity index (χ0v) is 57.2. The first-order valence-electron chi connectivity index (χ1n) is 34.2. The zero-order chi connectivity index (χ0) is 69.4. The highest BCUT2D eigenvalue weighted by molar-refractivity contribution is 6.24. The minimum Gasteiger partial charge on any atom is -0.491 e. The van der Waals surface area contributed by atoms with Gasteiger partial charge in [-0.15, -0.1) is 0 Å². The lowest BCUT2D eigenvalue weighted by Gasteiger charge is -2.40. The Labute approximate surface area is 573 Å². The molecule has 1 unspecified atom stereocenters. The maximum absolute atomic E-state index is 14.2. The van der Waals surface area contributed by atoms with E-state index in [1.54, 1.807) is 6.07 Å². The number of H-pyrrole nitrogens is 1. The van der Waals surface area contributed by atoms with Gasteiger partial charge in [0.2, 0.25) is 23.6 Å². The van der Waals surface area contributed by atoms with Crippen LogP contribution in [0.15, 0.2) is 65.5 Å². The lowest BCUT2D eigenvalue weighted by Crippen LogP contribution is -2.54. The van der Waals surface area contributed by atoms with Gasteiger partial charge in [-0.25, -0.2) is 0 Å². The number of hydrogen-bond acceptors (Lipinski definition) is 21. The summed E-state index contributed by atoms with van der Waals surface area (Å²) < 4.78 is 61.5. The fraction of sp³-hybridized carbons (Fsp3) is 0.577. The quantitative estimate of drug-likeness (QED) is 0.0358. The maximum Gasteiger partial charge on any atom is 0.266 e. The minimum absolute atomic E-state index is 0.0183. The number of carbonyl (C=O) groups excluding carboxylic acids is 7. The van der Waals surface area contributed by atoms with Crippen LogP contribution in [-0.2, 0) is 79.6 Å². The molecule has 0 aliphatic carbocycles. The topological polar surface area (TPSA) is 303 Å². The molecular formula is C71H98N8O19. The average molecular weight is 1370 g/mol. The van der Waals surface area contributed by atoms with E-state index in [9.17, 15) is 38.4 Å². The summed E-state index contributed by atoms with van der Waals surface area (Å²) >= 11 is 0. The van der Waals surface area contributed by atoms with Crippen LogP contribution < -0.4 is 31.1 Å². The number of nitrogens with one attached hydrogen (secondary N) is 4. The third kappa shape index (κ3) is 23.6. The molecule has 7 amide bonds. The van der Waals surface area contributed by atoms with Crippen LogP contribution in [0.2, 0.25) is 0 Å². The number of carbonyl (C=O) groups is 7. The van der Waals surface area contributed by atoms with Crippen molar-refractivity contribution in [2.24, 2.45) is 0 Å². The van der Waals surface area contributed by atoms with Gasteiger partial charge in [0.1, 0.15) is 18.4 Å². The molecule has 3 aromatic carbocycles. The highest BCUT2D eigenvalue weighted by Crippen LogP contribution is 2.36. The molecule has 4 aliphatic rings. The smallest absolute Gasteiger partial charge is 0.266 e. The van der Waals surface area contributed by atoms with Crippen molar-refractivity contribution < 1.29 is 85.7 Å². The predicted molar refractivity (Wildman–Crippen MR) is 361 cm³/mol. The molecule has 3 fully saturated rings. The molecule has 98 heavy (non-hydrogen) atoms. The van der Waals surface area contributed by atoms with Crippen molar-refractivity contribution in [2.45, 2.75) is 91.4 Å². The third-order valence-electron chi connectivity index (χ3n) is 17.3. The Morgan fingerprint density at radius 1 is 0.622 bits per heavy atom. The second-order valence-corrected chi connectivity index (χ2v) is 24.1. The number of likely N-dealkylation sites (tertiary alicyclic amines) is 1. The Kier molecular flexibility index (Phi) is 32.0. The molecule has 0 spiro atoms. The summed E-state index contributed by atoms with van der Waals surface area (Å²) in [6.45, 7) is 21.1. The van der Waals surface area contributed by atoms with Gasteiger partial charge >= 0.3 is 0 Å². The number of hydrogen-bond donors (Lipinski definition) is 4. The van der Waals surface area contributed by atoms with E-state index in [4.69, 9.17) is 52.1 Å². The van der Waals surface area contributed by atoms with E-state index in [0.717, 1.165) is 84.2 Å². The number of pyridine rings is 1. The molecular weight excluding hydrogens is 1270 g/mol. The van der Waals surface area contributed by atoms with Gasteiger partial charge in [-0.3, -0.25) is 53.5 Å². The highest BCUT2D eigenvalue weighted by Gasteiger charge is 2.46. The first-order chi connectivity index (χ1) is 47.7. The number of aromatic amines is 1. The monoisotopic (exact) mass is 1370 g/mol. The maximum atomic E-state index is 14.2. The molecule has 27 nitrogen and oxygen atoms in total. The number of anilines is 1. The van der Waals surface area contributed by atoms with Gasteiger partial charge in [0.25, 0.3) is 23.3 Å². The van der Waals surface area contributed by atoms with E-state index >= 15 is 0 Å². The molecule has 0 radical (unpaired) electrons. The lowest BCUT2D eigenvalue weighted by molar-refractivity contribution is -0.136.